The Bertz CT molecular complexity index is 2460. The first-order valence-corrected chi connectivity index (χ1v) is 16.4. The lowest BCUT2D eigenvalue weighted by molar-refractivity contribution is 0.591. The number of nitrogens with zero attached hydrogens (tertiary/aromatic N) is 5. The second kappa shape index (κ2) is 12.0. The Kier molecular flexibility index (Phi) is 7.35. The SMILES string of the molecule is CC(C)(C)c1ccc2c(c1)c1ccccc1n2-c1cc(-c2nc(-c3ccccc3)nc(-c3ccccc3)n2)ccc1-c1ccc(C#N)cc1. The van der Waals surface area contributed by atoms with Gasteiger partial charge in [-0.3, -0.25) is 0 Å². The summed E-state index contributed by atoms with van der Waals surface area (Å²) < 4.78 is 2.35. The zero-order valence-corrected chi connectivity index (χ0v) is 27.6. The molecule has 0 saturated heterocycles. The van der Waals surface area contributed by atoms with Crippen LogP contribution >= 0.6 is 0 Å². The van der Waals surface area contributed by atoms with Crippen LogP contribution in [0.3, 0.4) is 0 Å². The van der Waals surface area contributed by atoms with E-state index < -0.39 is 0 Å². The zero-order valence-electron chi connectivity index (χ0n) is 27.6. The zero-order chi connectivity index (χ0) is 33.5. The molecule has 5 nitrogen and oxygen atoms in total. The highest BCUT2D eigenvalue weighted by molar-refractivity contribution is 6.10. The number of hydrogen-bond acceptors (Lipinski definition) is 4. The minimum atomic E-state index is 0.0105. The number of para-hydroxylation sites is 1. The first kappa shape index (κ1) is 30.0. The molecule has 0 aliphatic heterocycles. The topological polar surface area (TPSA) is 67.4 Å². The molecule has 8 rings (SSSR count). The quantitative estimate of drug-likeness (QED) is 0.190. The molecule has 0 saturated carbocycles. The number of nitriles is 1. The van der Waals surface area contributed by atoms with Crippen LogP contribution in [0.1, 0.15) is 31.9 Å². The predicted molar refractivity (Wildman–Crippen MR) is 199 cm³/mol. The molecule has 0 aliphatic carbocycles. The van der Waals surface area contributed by atoms with E-state index in [2.05, 4.69) is 92.1 Å². The van der Waals surface area contributed by atoms with E-state index >= 15 is 0 Å². The average molecular weight is 632 g/mol. The van der Waals surface area contributed by atoms with Crippen molar-refractivity contribution in [3.8, 4) is 57.0 Å². The highest BCUT2D eigenvalue weighted by Gasteiger charge is 2.21. The van der Waals surface area contributed by atoms with E-state index in [-0.39, 0.29) is 5.41 Å². The normalized spacial score (nSPS) is 11.6. The molecule has 0 fully saturated rings. The minimum Gasteiger partial charge on any atom is -0.309 e. The molecule has 0 unspecified atom stereocenters. The molecular weight excluding hydrogens is 599 g/mol. The molecule has 0 atom stereocenters. The highest BCUT2D eigenvalue weighted by atomic mass is 15.0. The van der Waals surface area contributed by atoms with Gasteiger partial charge in [-0.25, -0.2) is 15.0 Å². The van der Waals surface area contributed by atoms with E-state index in [1.165, 1.54) is 16.3 Å². The molecule has 0 aliphatic rings. The molecule has 6 aromatic carbocycles. The van der Waals surface area contributed by atoms with Crippen molar-refractivity contribution in [1.29, 1.82) is 5.26 Å². The van der Waals surface area contributed by atoms with Crippen LogP contribution in [0.25, 0.3) is 72.8 Å². The Morgan fingerprint density at radius 3 is 1.67 bits per heavy atom. The molecule has 2 aromatic heterocycles. The lowest BCUT2D eigenvalue weighted by Gasteiger charge is -2.19. The largest absolute Gasteiger partial charge is 0.309 e. The van der Waals surface area contributed by atoms with Crippen molar-refractivity contribution in [2.45, 2.75) is 26.2 Å². The minimum absolute atomic E-state index is 0.0105. The van der Waals surface area contributed by atoms with E-state index in [1.54, 1.807) is 0 Å². The van der Waals surface area contributed by atoms with Gasteiger partial charge in [-0.15, -0.1) is 0 Å². The summed E-state index contributed by atoms with van der Waals surface area (Å²) in [5.74, 6) is 1.83. The monoisotopic (exact) mass is 631 g/mol. The van der Waals surface area contributed by atoms with Crippen molar-refractivity contribution >= 4 is 21.8 Å². The standard InChI is InChI=1S/C44H33N5/c1-44(2,3)34-23-25-39-37(27-34)36-16-10-11-17-38(36)49(39)40-26-33(22-24-35(40)30-20-18-29(28-45)19-21-30)43-47-41(31-12-6-4-7-13-31)46-42(48-43)32-14-8-5-9-15-32/h4-27H,1-3H3. The molecule has 5 heteroatoms. The van der Waals surface area contributed by atoms with E-state index in [1.807, 2.05) is 84.9 Å². The Morgan fingerprint density at radius 1 is 0.510 bits per heavy atom. The molecule has 2 heterocycles. The van der Waals surface area contributed by atoms with Crippen LogP contribution in [0.15, 0.2) is 146 Å². The van der Waals surface area contributed by atoms with Gasteiger partial charge in [0.2, 0.25) is 0 Å². The van der Waals surface area contributed by atoms with E-state index in [0.29, 0.717) is 23.0 Å². The second-order valence-electron chi connectivity index (χ2n) is 13.3. The van der Waals surface area contributed by atoms with Gasteiger partial charge in [-0.2, -0.15) is 5.26 Å². The van der Waals surface area contributed by atoms with Crippen LogP contribution in [-0.4, -0.2) is 19.5 Å². The Labute approximate surface area is 285 Å². The predicted octanol–water partition coefficient (Wildman–Crippen LogP) is 10.8. The molecule has 0 amide bonds. The van der Waals surface area contributed by atoms with Crippen molar-refractivity contribution < 1.29 is 0 Å². The van der Waals surface area contributed by atoms with Crippen LogP contribution < -0.4 is 0 Å². The van der Waals surface area contributed by atoms with Gasteiger partial charge in [0.1, 0.15) is 0 Å². The Hall–Kier alpha value is -6.38. The van der Waals surface area contributed by atoms with Gasteiger partial charge in [0.25, 0.3) is 0 Å². The summed E-state index contributed by atoms with van der Waals surface area (Å²) >= 11 is 0. The van der Waals surface area contributed by atoms with Crippen molar-refractivity contribution in [3.05, 3.63) is 157 Å². The smallest absolute Gasteiger partial charge is 0.164 e. The molecule has 8 aromatic rings. The van der Waals surface area contributed by atoms with Gasteiger partial charge in [0.15, 0.2) is 17.5 Å². The van der Waals surface area contributed by atoms with Gasteiger partial charge in [-0.1, -0.05) is 130 Å². The molecule has 234 valence electrons. The maximum absolute atomic E-state index is 9.52. The number of fused-ring (bicyclic) bond motifs is 3. The van der Waals surface area contributed by atoms with Crippen molar-refractivity contribution in [3.63, 3.8) is 0 Å². The number of hydrogen-bond donors (Lipinski definition) is 0. The molecule has 49 heavy (non-hydrogen) atoms. The molecule has 0 radical (unpaired) electrons. The fourth-order valence-corrected chi connectivity index (χ4v) is 6.46. The van der Waals surface area contributed by atoms with Gasteiger partial charge < -0.3 is 4.57 Å². The summed E-state index contributed by atoms with van der Waals surface area (Å²) in [5.41, 5.74) is 9.94. The van der Waals surface area contributed by atoms with E-state index in [0.717, 1.165) is 44.5 Å². The summed E-state index contributed by atoms with van der Waals surface area (Å²) in [6.45, 7) is 6.76. The van der Waals surface area contributed by atoms with Crippen molar-refractivity contribution in [1.82, 2.24) is 19.5 Å². The third kappa shape index (κ3) is 5.54. The number of aromatic nitrogens is 4. The van der Waals surface area contributed by atoms with Crippen LogP contribution in [-0.2, 0) is 5.41 Å². The molecular formula is C44H33N5. The third-order valence-electron chi connectivity index (χ3n) is 9.06. The first-order valence-electron chi connectivity index (χ1n) is 16.4. The van der Waals surface area contributed by atoms with Gasteiger partial charge in [-0.05, 0) is 52.9 Å². The fourth-order valence-electron chi connectivity index (χ4n) is 6.46. The summed E-state index contributed by atoms with van der Waals surface area (Å²) in [6, 6.07) is 52.0. The molecule has 0 N–H and O–H groups in total. The fraction of sp³-hybridized carbons (Fsp3) is 0.0909. The van der Waals surface area contributed by atoms with Gasteiger partial charge >= 0.3 is 0 Å². The molecule has 0 spiro atoms. The van der Waals surface area contributed by atoms with Crippen LogP contribution in [0.4, 0.5) is 0 Å². The molecule has 0 bridgehead atoms. The summed E-state index contributed by atoms with van der Waals surface area (Å²) in [4.78, 5) is 15.0. The number of rotatable bonds is 5. The summed E-state index contributed by atoms with van der Waals surface area (Å²) in [6.07, 6.45) is 0. The summed E-state index contributed by atoms with van der Waals surface area (Å²) in [7, 11) is 0. The van der Waals surface area contributed by atoms with E-state index in [4.69, 9.17) is 15.0 Å². The second-order valence-corrected chi connectivity index (χ2v) is 13.3. The maximum atomic E-state index is 9.52. The Morgan fingerprint density at radius 2 is 1.06 bits per heavy atom. The van der Waals surface area contributed by atoms with Crippen molar-refractivity contribution in [2.24, 2.45) is 0 Å². The number of benzene rings is 6. The highest BCUT2D eigenvalue weighted by Crippen LogP contribution is 2.39. The van der Waals surface area contributed by atoms with Gasteiger partial charge in [0, 0.05) is 33.0 Å². The van der Waals surface area contributed by atoms with Crippen LogP contribution in [0.2, 0.25) is 0 Å². The van der Waals surface area contributed by atoms with Crippen LogP contribution in [0, 0.1) is 11.3 Å². The van der Waals surface area contributed by atoms with E-state index in [9.17, 15) is 5.26 Å². The first-order chi connectivity index (χ1) is 23.9. The Balaban J connectivity index is 1.41. The lowest BCUT2D eigenvalue weighted by Crippen LogP contribution is -2.10. The maximum Gasteiger partial charge on any atom is 0.164 e. The average Bonchev–Trinajstić information content (AvgIpc) is 3.48. The summed E-state index contributed by atoms with van der Waals surface area (Å²) in [5, 5.41) is 11.9. The van der Waals surface area contributed by atoms with Crippen LogP contribution in [0.5, 0.6) is 0 Å². The van der Waals surface area contributed by atoms with Crippen molar-refractivity contribution in [2.75, 3.05) is 0 Å². The third-order valence-corrected chi connectivity index (χ3v) is 9.06. The lowest BCUT2D eigenvalue weighted by atomic mass is 9.86. The van der Waals surface area contributed by atoms with Gasteiger partial charge in [0.05, 0.1) is 28.4 Å².